The number of pyridine rings is 1. The molecule has 0 saturated heterocycles. The second-order valence-corrected chi connectivity index (χ2v) is 4.85. The van der Waals surface area contributed by atoms with Crippen LogP contribution in [0.3, 0.4) is 0 Å². The van der Waals surface area contributed by atoms with Crippen LogP contribution >= 0.6 is 15.9 Å². The Morgan fingerprint density at radius 1 is 1.18 bits per heavy atom. The third kappa shape index (κ3) is 3.05. The lowest BCUT2D eigenvalue weighted by molar-refractivity contribution is 0.721. The fourth-order valence-electron chi connectivity index (χ4n) is 1.67. The van der Waals surface area contributed by atoms with Crippen molar-refractivity contribution >= 4 is 21.6 Å². The summed E-state index contributed by atoms with van der Waals surface area (Å²) in [6.45, 7) is 0. The number of hydrogen-bond donors (Lipinski definition) is 2. The summed E-state index contributed by atoms with van der Waals surface area (Å²) in [7, 11) is 0. The van der Waals surface area contributed by atoms with Crippen LogP contribution in [0.2, 0.25) is 0 Å². The summed E-state index contributed by atoms with van der Waals surface area (Å²) >= 11 is 3.40. The first-order chi connectivity index (χ1) is 8.16. The number of halogens is 1. The van der Waals surface area contributed by atoms with Gasteiger partial charge in [-0.05, 0) is 35.7 Å². The summed E-state index contributed by atoms with van der Waals surface area (Å²) in [5.74, 6) is 0. The van der Waals surface area contributed by atoms with Crippen molar-refractivity contribution < 1.29 is 0 Å². The number of aromatic nitrogens is 1. The predicted octanol–water partition coefficient (Wildman–Crippen LogP) is 2.67. The second-order valence-electron chi connectivity index (χ2n) is 3.94. The van der Waals surface area contributed by atoms with E-state index in [1.54, 1.807) is 18.5 Å². The largest absolute Gasteiger partial charge is 0.398 e. The van der Waals surface area contributed by atoms with E-state index >= 15 is 0 Å². The Labute approximate surface area is 109 Å². The van der Waals surface area contributed by atoms with Gasteiger partial charge in [0.2, 0.25) is 0 Å². The van der Waals surface area contributed by atoms with Gasteiger partial charge in [-0.15, -0.1) is 0 Å². The number of rotatable bonds is 3. The number of hydrogen-bond acceptors (Lipinski definition) is 3. The number of nitrogens with zero attached hydrogens (tertiary/aromatic N) is 1. The molecule has 88 valence electrons. The van der Waals surface area contributed by atoms with Gasteiger partial charge in [0.15, 0.2) is 0 Å². The van der Waals surface area contributed by atoms with Crippen LogP contribution in [0.5, 0.6) is 0 Å². The Bertz CT molecular complexity index is 496. The first-order valence-electron chi connectivity index (χ1n) is 5.36. The quantitative estimate of drug-likeness (QED) is 0.914. The van der Waals surface area contributed by atoms with E-state index in [0.717, 1.165) is 21.3 Å². The van der Waals surface area contributed by atoms with Crippen molar-refractivity contribution in [3.8, 4) is 0 Å². The fourth-order valence-corrected chi connectivity index (χ4v) is 1.94. The minimum absolute atomic E-state index is 0.0606. The summed E-state index contributed by atoms with van der Waals surface area (Å²) in [4.78, 5) is 4.06. The second kappa shape index (κ2) is 5.29. The smallest absolute Gasteiger partial charge is 0.0378 e. The van der Waals surface area contributed by atoms with Gasteiger partial charge in [0.25, 0.3) is 0 Å². The Balaban J connectivity index is 2.14. The maximum absolute atomic E-state index is 6.15. The highest BCUT2D eigenvalue weighted by molar-refractivity contribution is 9.10. The SMILES string of the molecule is Nc1ccncc1CC(N)c1ccc(Br)cc1. The van der Waals surface area contributed by atoms with Gasteiger partial charge in [-0.3, -0.25) is 4.98 Å². The molecule has 0 aliphatic rings. The van der Waals surface area contributed by atoms with Crippen LogP contribution in [-0.4, -0.2) is 4.98 Å². The molecule has 0 aliphatic heterocycles. The van der Waals surface area contributed by atoms with Gasteiger partial charge < -0.3 is 11.5 Å². The molecule has 0 radical (unpaired) electrons. The molecule has 1 heterocycles. The first kappa shape index (κ1) is 12.1. The average molecular weight is 292 g/mol. The third-order valence-electron chi connectivity index (χ3n) is 2.68. The monoisotopic (exact) mass is 291 g/mol. The van der Waals surface area contributed by atoms with E-state index in [9.17, 15) is 0 Å². The molecule has 0 bridgehead atoms. The zero-order chi connectivity index (χ0) is 12.3. The van der Waals surface area contributed by atoms with E-state index in [0.29, 0.717) is 6.42 Å². The Morgan fingerprint density at radius 3 is 2.53 bits per heavy atom. The molecule has 0 fully saturated rings. The summed E-state index contributed by atoms with van der Waals surface area (Å²) in [5, 5.41) is 0. The van der Waals surface area contributed by atoms with E-state index in [2.05, 4.69) is 20.9 Å². The molecule has 3 nitrogen and oxygen atoms in total. The van der Waals surface area contributed by atoms with Gasteiger partial charge in [0, 0.05) is 28.6 Å². The van der Waals surface area contributed by atoms with Gasteiger partial charge in [-0.2, -0.15) is 0 Å². The van der Waals surface area contributed by atoms with E-state index in [1.807, 2.05) is 24.3 Å². The summed E-state index contributed by atoms with van der Waals surface area (Å²) in [6.07, 6.45) is 4.15. The maximum atomic E-state index is 6.15. The molecule has 1 unspecified atom stereocenters. The van der Waals surface area contributed by atoms with Gasteiger partial charge in [-0.25, -0.2) is 0 Å². The van der Waals surface area contributed by atoms with Crippen molar-refractivity contribution in [1.29, 1.82) is 0 Å². The molecule has 0 aliphatic carbocycles. The van der Waals surface area contributed by atoms with Crippen LogP contribution in [0.4, 0.5) is 5.69 Å². The van der Waals surface area contributed by atoms with Gasteiger partial charge in [0.05, 0.1) is 0 Å². The lowest BCUT2D eigenvalue weighted by Crippen LogP contribution is -2.14. The normalized spacial score (nSPS) is 12.4. The highest BCUT2D eigenvalue weighted by atomic mass is 79.9. The van der Waals surface area contributed by atoms with Crippen molar-refractivity contribution in [3.05, 3.63) is 58.3 Å². The van der Waals surface area contributed by atoms with E-state index in [-0.39, 0.29) is 6.04 Å². The van der Waals surface area contributed by atoms with Crippen LogP contribution in [0.15, 0.2) is 47.2 Å². The Kier molecular flexibility index (Phi) is 3.76. The van der Waals surface area contributed by atoms with E-state index < -0.39 is 0 Å². The highest BCUT2D eigenvalue weighted by Crippen LogP contribution is 2.20. The van der Waals surface area contributed by atoms with Gasteiger partial charge in [0.1, 0.15) is 0 Å². The Hall–Kier alpha value is -1.39. The molecular weight excluding hydrogens is 278 g/mol. The van der Waals surface area contributed by atoms with Crippen molar-refractivity contribution in [2.24, 2.45) is 5.73 Å². The third-order valence-corrected chi connectivity index (χ3v) is 3.21. The summed E-state index contributed by atoms with van der Waals surface area (Å²) in [5.41, 5.74) is 14.8. The van der Waals surface area contributed by atoms with Crippen LogP contribution in [-0.2, 0) is 6.42 Å². The number of benzene rings is 1. The Morgan fingerprint density at radius 2 is 1.88 bits per heavy atom. The number of nitrogens with two attached hydrogens (primary N) is 2. The van der Waals surface area contributed by atoms with Crippen LogP contribution in [0.1, 0.15) is 17.2 Å². The lowest BCUT2D eigenvalue weighted by Gasteiger charge is -2.13. The lowest BCUT2D eigenvalue weighted by atomic mass is 10.00. The zero-order valence-electron chi connectivity index (χ0n) is 9.31. The molecule has 2 aromatic rings. The maximum Gasteiger partial charge on any atom is 0.0378 e. The number of nitrogen functional groups attached to an aromatic ring is 1. The molecule has 4 heteroatoms. The van der Waals surface area contributed by atoms with Crippen molar-refractivity contribution in [2.45, 2.75) is 12.5 Å². The zero-order valence-corrected chi connectivity index (χ0v) is 10.9. The van der Waals surface area contributed by atoms with Crippen molar-refractivity contribution in [1.82, 2.24) is 4.98 Å². The molecule has 1 aromatic carbocycles. The van der Waals surface area contributed by atoms with Gasteiger partial charge >= 0.3 is 0 Å². The molecule has 0 saturated carbocycles. The van der Waals surface area contributed by atoms with E-state index in [1.165, 1.54) is 0 Å². The molecule has 0 spiro atoms. The molecule has 0 amide bonds. The van der Waals surface area contributed by atoms with Crippen LogP contribution in [0.25, 0.3) is 0 Å². The van der Waals surface area contributed by atoms with Gasteiger partial charge in [-0.1, -0.05) is 28.1 Å². The minimum Gasteiger partial charge on any atom is -0.398 e. The first-order valence-corrected chi connectivity index (χ1v) is 6.15. The fraction of sp³-hybridized carbons (Fsp3) is 0.154. The molecular formula is C13H14BrN3. The standard InChI is InChI=1S/C13H14BrN3/c14-11-3-1-9(2-4-11)13(16)7-10-8-17-6-5-12(10)15/h1-6,8,13H,7,16H2,(H2,15,17). The topological polar surface area (TPSA) is 64.9 Å². The molecule has 1 aromatic heterocycles. The average Bonchev–Trinajstić information content (AvgIpc) is 2.33. The number of anilines is 1. The highest BCUT2D eigenvalue weighted by Gasteiger charge is 2.09. The molecule has 1 atom stereocenters. The molecule has 17 heavy (non-hydrogen) atoms. The van der Waals surface area contributed by atoms with Crippen LogP contribution < -0.4 is 11.5 Å². The van der Waals surface area contributed by atoms with Crippen molar-refractivity contribution in [3.63, 3.8) is 0 Å². The molecule has 2 rings (SSSR count). The van der Waals surface area contributed by atoms with E-state index in [4.69, 9.17) is 11.5 Å². The summed E-state index contributed by atoms with van der Waals surface area (Å²) in [6, 6.07) is 9.74. The van der Waals surface area contributed by atoms with Crippen LogP contribution in [0, 0.1) is 0 Å². The molecule has 4 N–H and O–H groups in total. The summed E-state index contributed by atoms with van der Waals surface area (Å²) < 4.78 is 1.05. The predicted molar refractivity (Wildman–Crippen MR) is 73.4 cm³/mol. The van der Waals surface area contributed by atoms with Crippen molar-refractivity contribution in [2.75, 3.05) is 5.73 Å². The minimum atomic E-state index is -0.0606.